The smallest absolute Gasteiger partial charge is 0.169 e. The summed E-state index contributed by atoms with van der Waals surface area (Å²) in [5, 5.41) is 15.7. The maximum atomic E-state index is 9.64. The van der Waals surface area contributed by atoms with Crippen molar-refractivity contribution < 1.29 is 18.9 Å². The Bertz CT molecular complexity index is 1410. The van der Waals surface area contributed by atoms with Crippen LogP contribution in [0.25, 0.3) is 41.8 Å². The van der Waals surface area contributed by atoms with Crippen LogP contribution in [0, 0.1) is 11.8 Å². The molecule has 1 aliphatic heterocycles. The van der Waals surface area contributed by atoms with Gasteiger partial charge in [-0.2, -0.15) is 0 Å². The lowest BCUT2D eigenvalue weighted by molar-refractivity contribution is -0.294. The van der Waals surface area contributed by atoms with Gasteiger partial charge in [0.15, 0.2) is 6.29 Å². The van der Waals surface area contributed by atoms with Gasteiger partial charge in [0.05, 0.1) is 38.0 Å². The number of hydrogen-bond acceptors (Lipinski definition) is 8. The summed E-state index contributed by atoms with van der Waals surface area (Å²) in [6.45, 7) is 4.09. The highest BCUT2D eigenvalue weighted by molar-refractivity contribution is 5.15. The monoisotopic (exact) mass is 602 g/mol. The van der Waals surface area contributed by atoms with E-state index in [0.717, 1.165) is 11.1 Å². The number of nitrogens with zero attached hydrogens (tertiary/aromatic N) is 12. The van der Waals surface area contributed by atoms with E-state index in [9.17, 15) is 11.1 Å². The van der Waals surface area contributed by atoms with Gasteiger partial charge in [-0.15, -0.1) is 0 Å². The lowest BCUT2D eigenvalue weighted by Gasteiger charge is -2.48. The fourth-order valence-electron chi connectivity index (χ4n) is 5.74. The molecule has 16 heteroatoms. The number of benzene rings is 2. The molecule has 1 saturated heterocycles. The third kappa shape index (κ3) is 8.12. The second kappa shape index (κ2) is 16.4. The van der Waals surface area contributed by atoms with Crippen LogP contribution in [-0.4, -0.2) is 55.4 Å². The van der Waals surface area contributed by atoms with E-state index in [-0.39, 0.29) is 38.0 Å². The molecule has 1 aliphatic carbocycles. The van der Waals surface area contributed by atoms with Crippen molar-refractivity contribution in [3.63, 3.8) is 0 Å². The summed E-state index contributed by atoms with van der Waals surface area (Å²) >= 11 is 0. The van der Waals surface area contributed by atoms with E-state index < -0.39 is 48.8 Å². The molecule has 1 heterocycles. The number of hydrogen-bond donors (Lipinski definition) is 0. The lowest BCUT2D eigenvalue weighted by atomic mass is 9.74. The molecule has 1 saturated carbocycles. The van der Waals surface area contributed by atoms with Crippen molar-refractivity contribution in [3.05, 3.63) is 114 Å². The Labute approximate surface area is 253 Å². The summed E-state index contributed by atoms with van der Waals surface area (Å²) in [4.78, 5) is 12.0. The quantitative estimate of drug-likeness (QED) is 0.130. The Morgan fingerprint density at radius 3 is 1.84 bits per heavy atom. The second-order valence-electron chi connectivity index (χ2n) is 10.8. The largest absolute Gasteiger partial charge is 0.370 e. The van der Waals surface area contributed by atoms with Crippen molar-refractivity contribution in [1.29, 1.82) is 0 Å². The molecule has 2 aliphatic rings. The molecule has 0 N–H and O–H groups in total. The summed E-state index contributed by atoms with van der Waals surface area (Å²) in [5.74, 6) is -0.356. The molecule has 2 aromatic carbocycles. The molecule has 0 bridgehead atoms. The SMILES string of the molecule is CC1[C@@H](C)[C@H](O[C@H]2OC(CN=[N+]=[N-])[C@@H](OCc3ccccc3)[C@@H](OCc3ccccc3)C2N=[N+]=[N-])C(N=[N+]=[N-])C[C@H]1N=[N+]=[N-]. The van der Waals surface area contributed by atoms with Gasteiger partial charge in [0, 0.05) is 25.7 Å². The molecule has 10 atom stereocenters. The molecule has 2 fully saturated rings. The van der Waals surface area contributed by atoms with Crippen LogP contribution in [0.3, 0.4) is 0 Å². The summed E-state index contributed by atoms with van der Waals surface area (Å²) in [7, 11) is 0. The molecule has 4 rings (SSSR count). The number of rotatable bonds is 13. The van der Waals surface area contributed by atoms with Gasteiger partial charge in [-0.05, 0) is 51.5 Å². The van der Waals surface area contributed by atoms with Crippen molar-refractivity contribution in [3.8, 4) is 0 Å². The van der Waals surface area contributed by atoms with Crippen LogP contribution < -0.4 is 0 Å². The fourth-order valence-corrected chi connectivity index (χ4v) is 5.74. The first-order valence-electron chi connectivity index (χ1n) is 14.3. The lowest BCUT2D eigenvalue weighted by Crippen LogP contribution is -2.61. The van der Waals surface area contributed by atoms with Crippen molar-refractivity contribution in [1.82, 2.24) is 0 Å². The normalized spacial score (nSPS) is 31.3. The molecule has 0 radical (unpaired) electrons. The highest BCUT2D eigenvalue weighted by atomic mass is 16.7. The molecular weight excluding hydrogens is 568 g/mol. The molecule has 0 amide bonds. The van der Waals surface area contributed by atoms with Gasteiger partial charge < -0.3 is 18.9 Å². The Hall–Kier alpha value is -4.48. The summed E-state index contributed by atoms with van der Waals surface area (Å²) < 4.78 is 25.6. The van der Waals surface area contributed by atoms with Crippen LogP contribution >= 0.6 is 0 Å². The van der Waals surface area contributed by atoms with E-state index in [4.69, 9.17) is 30.0 Å². The van der Waals surface area contributed by atoms with E-state index >= 15 is 0 Å². The minimum absolute atomic E-state index is 0.112. The average Bonchev–Trinajstić information content (AvgIpc) is 3.04. The Morgan fingerprint density at radius 2 is 1.27 bits per heavy atom. The maximum absolute atomic E-state index is 9.64. The van der Waals surface area contributed by atoms with Gasteiger partial charge in [-0.3, -0.25) is 0 Å². The average molecular weight is 603 g/mol. The molecule has 0 aromatic heterocycles. The molecule has 230 valence electrons. The Balaban J connectivity index is 1.69. The van der Waals surface area contributed by atoms with Gasteiger partial charge in [0.2, 0.25) is 0 Å². The van der Waals surface area contributed by atoms with Crippen molar-refractivity contribution in [2.45, 2.75) is 82.3 Å². The molecule has 4 unspecified atom stereocenters. The van der Waals surface area contributed by atoms with Crippen LogP contribution in [0.1, 0.15) is 31.4 Å². The Morgan fingerprint density at radius 1 is 0.705 bits per heavy atom. The van der Waals surface area contributed by atoms with Crippen LogP contribution in [0.4, 0.5) is 0 Å². The zero-order valence-electron chi connectivity index (χ0n) is 24.4. The highest BCUT2D eigenvalue weighted by Gasteiger charge is 2.50. The minimum atomic E-state index is -1.17. The van der Waals surface area contributed by atoms with Gasteiger partial charge in [-0.1, -0.05) is 95.0 Å². The fraction of sp³-hybridized carbons (Fsp3) is 0.571. The zero-order chi connectivity index (χ0) is 31.3. The minimum Gasteiger partial charge on any atom is -0.370 e. The van der Waals surface area contributed by atoms with Gasteiger partial charge in [0.25, 0.3) is 0 Å². The number of ether oxygens (including phenoxy) is 4. The molecule has 2 aromatic rings. The van der Waals surface area contributed by atoms with Gasteiger partial charge in [0.1, 0.15) is 18.2 Å². The third-order valence-electron chi connectivity index (χ3n) is 8.20. The molecule has 44 heavy (non-hydrogen) atoms. The van der Waals surface area contributed by atoms with E-state index in [1.165, 1.54) is 0 Å². The summed E-state index contributed by atoms with van der Waals surface area (Å²) in [6.07, 6.45) is -4.11. The Kier molecular flexibility index (Phi) is 12.1. The second-order valence-corrected chi connectivity index (χ2v) is 10.8. The van der Waals surface area contributed by atoms with Crippen molar-refractivity contribution in [2.24, 2.45) is 32.3 Å². The maximum Gasteiger partial charge on any atom is 0.169 e. The van der Waals surface area contributed by atoms with Crippen LogP contribution in [0.5, 0.6) is 0 Å². The molecule has 16 nitrogen and oxygen atoms in total. The van der Waals surface area contributed by atoms with E-state index in [1.54, 1.807) is 0 Å². The highest BCUT2D eigenvalue weighted by Crippen LogP contribution is 2.39. The zero-order valence-corrected chi connectivity index (χ0v) is 24.4. The van der Waals surface area contributed by atoms with Crippen molar-refractivity contribution in [2.75, 3.05) is 6.54 Å². The first kappa shape index (κ1) is 32.4. The van der Waals surface area contributed by atoms with Crippen LogP contribution in [0.2, 0.25) is 0 Å². The van der Waals surface area contributed by atoms with E-state index in [0.29, 0.717) is 0 Å². The first-order valence-corrected chi connectivity index (χ1v) is 14.3. The molecular formula is C28H34N12O4. The van der Waals surface area contributed by atoms with Crippen molar-refractivity contribution >= 4 is 0 Å². The van der Waals surface area contributed by atoms with Gasteiger partial charge in [-0.25, -0.2) is 0 Å². The third-order valence-corrected chi connectivity index (χ3v) is 8.20. The first-order chi connectivity index (χ1) is 21.5. The topological polar surface area (TPSA) is 232 Å². The van der Waals surface area contributed by atoms with Crippen LogP contribution in [-0.2, 0) is 32.2 Å². The van der Waals surface area contributed by atoms with Crippen LogP contribution in [0.15, 0.2) is 81.1 Å². The number of azide groups is 4. The van der Waals surface area contributed by atoms with Gasteiger partial charge >= 0.3 is 0 Å². The standard InChI is InChI=1S/C28H34N12O4/c1-17-18(2)25(22(35-39-31)13-21(17)34-38-30)44-28-24(36-40-32)27(42-16-20-11-7-4-8-12-20)26(23(43-28)14-33-37-29)41-15-19-9-5-3-6-10-19/h3-12,17-18,21-28H,13-16H2,1-2H3/t17?,18-,21-,22?,23?,24?,25+,26-,27+,28-/m1/s1. The van der Waals surface area contributed by atoms with E-state index in [2.05, 4.69) is 40.1 Å². The molecule has 0 spiro atoms. The predicted molar refractivity (Wildman–Crippen MR) is 159 cm³/mol. The summed E-state index contributed by atoms with van der Waals surface area (Å²) in [5.41, 5.74) is 38.9. The summed E-state index contributed by atoms with van der Waals surface area (Å²) in [6, 6.07) is 16.9. The predicted octanol–water partition coefficient (Wildman–Crippen LogP) is 7.29. The van der Waals surface area contributed by atoms with E-state index in [1.807, 2.05) is 74.5 Å².